The summed E-state index contributed by atoms with van der Waals surface area (Å²) < 4.78 is 6.09. The molecule has 134 valence electrons. The molecule has 9 heteroatoms. The van der Waals surface area contributed by atoms with Gasteiger partial charge < -0.3 is 9.84 Å². The predicted octanol–water partition coefficient (Wildman–Crippen LogP) is 5.79. The Morgan fingerprint density at radius 2 is 1.92 bits per heavy atom. The van der Waals surface area contributed by atoms with E-state index >= 15 is 0 Å². The first kappa shape index (κ1) is 19.4. The van der Waals surface area contributed by atoms with E-state index in [2.05, 4.69) is 47.0 Å². The maximum Gasteiger partial charge on any atom is 0.336 e. The van der Waals surface area contributed by atoms with Crippen LogP contribution in [-0.4, -0.2) is 20.3 Å². The van der Waals surface area contributed by atoms with Crippen molar-refractivity contribution >= 4 is 55.1 Å². The summed E-state index contributed by atoms with van der Waals surface area (Å²) in [6.45, 7) is 0.179. The third-order valence-corrected chi connectivity index (χ3v) is 5.58. The van der Waals surface area contributed by atoms with Crippen LogP contribution in [0.5, 0.6) is 11.8 Å². The summed E-state index contributed by atoms with van der Waals surface area (Å²) >= 11 is 18.8. The maximum atomic E-state index is 9.96. The number of hydrogen-bond acceptors (Lipinski definition) is 5. The van der Waals surface area contributed by atoms with Crippen molar-refractivity contribution in [3.63, 3.8) is 0 Å². The van der Waals surface area contributed by atoms with Crippen LogP contribution >= 0.6 is 55.1 Å². The molecule has 5 nitrogen and oxygen atoms in total. The molecule has 0 atom stereocenters. The highest BCUT2D eigenvalue weighted by atomic mass is 79.9. The smallest absolute Gasteiger partial charge is 0.336 e. The third-order valence-electron chi connectivity index (χ3n) is 3.51. The number of benzene rings is 2. The molecule has 1 heterocycles. The quantitative estimate of drug-likeness (QED) is 0.432. The van der Waals surface area contributed by atoms with Crippen LogP contribution in [0, 0.1) is 0 Å². The van der Waals surface area contributed by atoms with Gasteiger partial charge in [-0.15, -0.1) is 5.10 Å². The van der Waals surface area contributed by atoms with Gasteiger partial charge >= 0.3 is 6.01 Å². The van der Waals surface area contributed by atoms with Crippen LogP contribution in [0.25, 0.3) is 11.3 Å². The van der Waals surface area contributed by atoms with E-state index in [0.717, 1.165) is 16.7 Å². The van der Waals surface area contributed by atoms with E-state index in [-0.39, 0.29) is 18.4 Å². The summed E-state index contributed by atoms with van der Waals surface area (Å²) in [6, 6.07) is 9.00. The van der Waals surface area contributed by atoms with Crippen molar-refractivity contribution in [2.75, 3.05) is 0 Å². The molecule has 1 aromatic heterocycles. The van der Waals surface area contributed by atoms with Crippen molar-refractivity contribution in [1.29, 1.82) is 0 Å². The molecule has 2 aromatic carbocycles. The SMILES string of the molecule is Oc1c(Br)cc(-c2cnc(OCc3cccc(Cl)c3Cl)nn2)cc1CBr. The Morgan fingerprint density at radius 1 is 1.12 bits per heavy atom. The minimum Gasteiger partial charge on any atom is -0.506 e. The van der Waals surface area contributed by atoms with Crippen molar-refractivity contribution in [1.82, 2.24) is 15.2 Å². The minimum absolute atomic E-state index is 0.128. The fourth-order valence-corrected chi connectivity index (χ4v) is 3.47. The minimum atomic E-state index is 0.128. The Balaban J connectivity index is 1.77. The largest absolute Gasteiger partial charge is 0.506 e. The van der Waals surface area contributed by atoms with Crippen LogP contribution in [0.2, 0.25) is 10.0 Å². The van der Waals surface area contributed by atoms with Gasteiger partial charge in [0.2, 0.25) is 0 Å². The molecule has 0 fully saturated rings. The van der Waals surface area contributed by atoms with Crippen LogP contribution in [0.1, 0.15) is 11.1 Å². The predicted molar refractivity (Wildman–Crippen MR) is 108 cm³/mol. The van der Waals surface area contributed by atoms with Crippen LogP contribution in [-0.2, 0) is 11.9 Å². The number of aromatic hydroxyl groups is 1. The standard InChI is InChI=1S/C17H11Br2Cl2N3O2/c18-6-11-4-10(5-12(19)16(11)25)14-7-22-17(24-23-14)26-8-9-2-1-3-13(20)15(9)21/h1-5,7,25H,6,8H2. The van der Waals surface area contributed by atoms with Crippen molar-refractivity contribution in [2.24, 2.45) is 0 Å². The van der Waals surface area contributed by atoms with Crippen LogP contribution in [0.4, 0.5) is 0 Å². The first-order chi connectivity index (χ1) is 12.5. The molecule has 0 bridgehead atoms. The van der Waals surface area contributed by atoms with E-state index in [0.29, 0.717) is 25.5 Å². The molecule has 3 rings (SSSR count). The summed E-state index contributed by atoms with van der Waals surface area (Å²) in [6.07, 6.45) is 1.55. The second-order valence-electron chi connectivity index (χ2n) is 5.23. The van der Waals surface area contributed by atoms with Crippen LogP contribution < -0.4 is 4.74 Å². The lowest BCUT2D eigenvalue weighted by atomic mass is 10.1. The molecule has 0 unspecified atom stereocenters. The van der Waals surface area contributed by atoms with Gasteiger partial charge in [0.05, 0.1) is 20.7 Å². The van der Waals surface area contributed by atoms with E-state index in [9.17, 15) is 5.11 Å². The second-order valence-corrected chi connectivity index (χ2v) is 7.43. The lowest BCUT2D eigenvalue weighted by Crippen LogP contribution is -2.02. The number of halogens is 4. The van der Waals surface area contributed by atoms with Gasteiger partial charge in [-0.1, -0.05) is 56.4 Å². The van der Waals surface area contributed by atoms with E-state index in [4.69, 9.17) is 27.9 Å². The van der Waals surface area contributed by atoms with E-state index in [1.54, 1.807) is 24.4 Å². The number of phenolic OH excluding ortho intramolecular Hbond substituents is 1. The molecule has 1 N–H and O–H groups in total. The number of hydrogen-bond donors (Lipinski definition) is 1. The van der Waals surface area contributed by atoms with Gasteiger partial charge in [-0.25, -0.2) is 4.98 Å². The zero-order valence-corrected chi connectivity index (χ0v) is 17.8. The highest BCUT2D eigenvalue weighted by Crippen LogP contribution is 2.34. The second kappa shape index (κ2) is 8.52. The van der Waals surface area contributed by atoms with Gasteiger partial charge in [0.15, 0.2) is 0 Å². The van der Waals surface area contributed by atoms with Gasteiger partial charge in [0, 0.05) is 22.0 Å². The molecule has 0 amide bonds. The Morgan fingerprint density at radius 3 is 2.62 bits per heavy atom. The molecule has 0 aliphatic rings. The fraction of sp³-hybridized carbons (Fsp3) is 0.118. The molecule has 0 saturated heterocycles. The Kier molecular flexibility index (Phi) is 6.34. The van der Waals surface area contributed by atoms with Crippen molar-refractivity contribution < 1.29 is 9.84 Å². The summed E-state index contributed by atoms with van der Waals surface area (Å²) in [5.41, 5.74) is 2.79. The number of ether oxygens (including phenoxy) is 1. The van der Waals surface area contributed by atoms with Gasteiger partial charge in [0.1, 0.15) is 18.1 Å². The molecule has 3 aromatic rings. The summed E-state index contributed by atoms with van der Waals surface area (Å²) in [5.74, 6) is 0.185. The van der Waals surface area contributed by atoms with Gasteiger partial charge in [-0.2, -0.15) is 0 Å². The molecule has 0 radical (unpaired) electrons. The zero-order valence-electron chi connectivity index (χ0n) is 13.1. The van der Waals surface area contributed by atoms with Gasteiger partial charge in [-0.3, -0.25) is 0 Å². The van der Waals surface area contributed by atoms with Crippen LogP contribution in [0.3, 0.4) is 0 Å². The average molecular weight is 520 g/mol. The van der Waals surface area contributed by atoms with E-state index in [1.165, 1.54) is 0 Å². The first-order valence-electron chi connectivity index (χ1n) is 7.32. The lowest BCUT2D eigenvalue weighted by molar-refractivity contribution is 0.277. The maximum absolute atomic E-state index is 9.96. The molecule has 0 spiro atoms. The van der Waals surface area contributed by atoms with Crippen molar-refractivity contribution in [2.45, 2.75) is 11.9 Å². The number of rotatable bonds is 5. The highest BCUT2D eigenvalue weighted by molar-refractivity contribution is 9.10. The fourth-order valence-electron chi connectivity index (χ4n) is 2.17. The number of aromatic nitrogens is 3. The zero-order chi connectivity index (χ0) is 18.7. The summed E-state index contributed by atoms with van der Waals surface area (Å²) in [7, 11) is 0. The highest BCUT2D eigenvalue weighted by Gasteiger charge is 2.11. The molecule has 26 heavy (non-hydrogen) atoms. The van der Waals surface area contributed by atoms with Crippen molar-refractivity contribution in [3.8, 4) is 23.0 Å². The number of nitrogens with zero attached hydrogens (tertiary/aromatic N) is 3. The van der Waals surface area contributed by atoms with Gasteiger partial charge in [-0.05, 0) is 34.1 Å². The molecule has 0 aliphatic heterocycles. The first-order valence-corrected chi connectivity index (χ1v) is 9.99. The third kappa shape index (κ3) is 4.28. The normalized spacial score (nSPS) is 10.8. The van der Waals surface area contributed by atoms with E-state index in [1.807, 2.05) is 12.1 Å². The molecular weight excluding hydrogens is 509 g/mol. The molecule has 0 aliphatic carbocycles. The van der Waals surface area contributed by atoms with Gasteiger partial charge in [0.25, 0.3) is 0 Å². The Hall–Kier alpha value is -1.41. The monoisotopic (exact) mass is 517 g/mol. The number of phenols is 1. The molecular formula is C17H11Br2Cl2N3O2. The van der Waals surface area contributed by atoms with Crippen molar-refractivity contribution in [3.05, 3.63) is 62.2 Å². The summed E-state index contributed by atoms with van der Waals surface area (Å²) in [5, 5.41) is 19.5. The lowest BCUT2D eigenvalue weighted by Gasteiger charge is -2.09. The number of alkyl halides is 1. The van der Waals surface area contributed by atoms with Crippen LogP contribution in [0.15, 0.2) is 41.0 Å². The molecule has 0 saturated carbocycles. The van der Waals surface area contributed by atoms with E-state index < -0.39 is 0 Å². The Labute approximate surface area is 176 Å². The Bertz CT molecular complexity index is 940. The summed E-state index contributed by atoms with van der Waals surface area (Å²) in [4.78, 5) is 4.17. The average Bonchev–Trinajstić information content (AvgIpc) is 2.65. The topological polar surface area (TPSA) is 68.1 Å².